The van der Waals surface area contributed by atoms with Gasteiger partial charge in [0.25, 0.3) is 0 Å². The van der Waals surface area contributed by atoms with Crippen molar-refractivity contribution in [2.45, 2.75) is 44.1 Å². The second-order valence-electron chi connectivity index (χ2n) is 5.48. The molecule has 0 spiro atoms. The second-order valence-corrected chi connectivity index (χ2v) is 5.48. The first-order valence-corrected chi connectivity index (χ1v) is 6.68. The predicted molar refractivity (Wildman–Crippen MR) is 64.4 cm³/mol. The molecule has 0 amide bonds. The highest BCUT2D eigenvalue weighted by Gasteiger charge is 2.44. The highest BCUT2D eigenvalue weighted by Crippen LogP contribution is 2.39. The molecule has 0 aromatic carbocycles. The molecular weight excluding hydrogens is 202 g/mol. The van der Waals surface area contributed by atoms with E-state index in [4.69, 9.17) is 4.74 Å². The number of rotatable bonds is 8. The van der Waals surface area contributed by atoms with Crippen LogP contribution >= 0.6 is 0 Å². The lowest BCUT2D eigenvalue weighted by molar-refractivity contribution is 0.0194. The third-order valence-electron chi connectivity index (χ3n) is 4.39. The molecular formula is C13H25NO2. The topological polar surface area (TPSA) is 41.5 Å². The molecule has 2 rings (SSSR count). The zero-order valence-electron chi connectivity index (χ0n) is 10.4. The van der Waals surface area contributed by atoms with E-state index in [1.165, 1.54) is 38.5 Å². The predicted octanol–water partition coefficient (Wildman–Crippen LogP) is 1.55. The summed E-state index contributed by atoms with van der Waals surface area (Å²) >= 11 is 0. The van der Waals surface area contributed by atoms with Crippen LogP contribution in [0.25, 0.3) is 0 Å². The number of aliphatic hydroxyl groups excluding tert-OH is 1. The Kier molecular flexibility index (Phi) is 4.22. The van der Waals surface area contributed by atoms with Crippen molar-refractivity contribution in [1.82, 2.24) is 5.32 Å². The van der Waals surface area contributed by atoms with Crippen molar-refractivity contribution in [3.63, 3.8) is 0 Å². The lowest BCUT2D eigenvalue weighted by Gasteiger charge is -2.32. The zero-order valence-corrected chi connectivity index (χ0v) is 10.4. The van der Waals surface area contributed by atoms with E-state index in [1.807, 2.05) is 7.05 Å². The summed E-state index contributed by atoms with van der Waals surface area (Å²) in [7, 11) is 1.93. The lowest BCUT2D eigenvalue weighted by atomic mass is 9.83. The first kappa shape index (κ1) is 12.3. The van der Waals surface area contributed by atoms with Crippen LogP contribution in [0, 0.1) is 11.8 Å². The van der Waals surface area contributed by atoms with Crippen molar-refractivity contribution in [3.05, 3.63) is 0 Å². The van der Waals surface area contributed by atoms with Crippen molar-refractivity contribution in [2.24, 2.45) is 11.8 Å². The Bertz CT molecular complexity index is 208. The average Bonchev–Trinajstić information content (AvgIpc) is 3.06. The zero-order chi connectivity index (χ0) is 11.4. The van der Waals surface area contributed by atoms with E-state index in [0.29, 0.717) is 12.5 Å². The van der Waals surface area contributed by atoms with Crippen LogP contribution in [0.1, 0.15) is 38.5 Å². The van der Waals surface area contributed by atoms with Gasteiger partial charge in [-0.3, -0.25) is 0 Å². The quantitative estimate of drug-likeness (QED) is 0.618. The summed E-state index contributed by atoms with van der Waals surface area (Å²) in [5, 5.41) is 12.8. The van der Waals surface area contributed by atoms with Crippen molar-refractivity contribution in [1.29, 1.82) is 0 Å². The minimum Gasteiger partial charge on any atom is -0.394 e. The number of aliphatic hydroxyl groups is 1. The summed E-state index contributed by atoms with van der Waals surface area (Å²) in [5.74, 6) is 1.53. The molecule has 0 saturated heterocycles. The van der Waals surface area contributed by atoms with Gasteiger partial charge in [0.2, 0.25) is 0 Å². The van der Waals surface area contributed by atoms with Crippen LogP contribution in [-0.2, 0) is 4.74 Å². The number of hydrogen-bond donors (Lipinski definition) is 2. The Morgan fingerprint density at radius 3 is 2.50 bits per heavy atom. The van der Waals surface area contributed by atoms with Crippen LogP contribution in [-0.4, -0.2) is 37.5 Å². The van der Waals surface area contributed by atoms with E-state index in [9.17, 15) is 5.11 Å². The molecule has 2 N–H and O–H groups in total. The maximum Gasteiger partial charge on any atom is 0.0676 e. The number of nitrogens with one attached hydrogen (secondary N) is 1. The minimum absolute atomic E-state index is 0.167. The number of hydrogen-bond acceptors (Lipinski definition) is 3. The van der Waals surface area contributed by atoms with Gasteiger partial charge in [-0.05, 0) is 38.1 Å². The van der Waals surface area contributed by atoms with Crippen LogP contribution in [0.15, 0.2) is 0 Å². The molecule has 2 aliphatic rings. The molecule has 16 heavy (non-hydrogen) atoms. The maximum atomic E-state index is 9.51. The van der Waals surface area contributed by atoms with E-state index < -0.39 is 0 Å². The summed E-state index contributed by atoms with van der Waals surface area (Å²) in [6.07, 6.45) is 7.85. The Morgan fingerprint density at radius 2 is 2.06 bits per heavy atom. The fourth-order valence-electron chi connectivity index (χ4n) is 2.57. The molecule has 0 heterocycles. The Balaban J connectivity index is 1.64. The fourth-order valence-corrected chi connectivity index (χ4v) is 2.57. The molecule has 0 aliphatic heterocycles. The van der Waals surface area contributed by atoms with Gasteiger partial charge < -0.3 is 15.2 Å². The van der Waals surface area contributed by atoms with E-state index in [0.717, 1.165) is 12.5 Å². The van der Waals surface area contributed by atoms with Gasteiger partial charge in [-0.2, -0.15) is 0 Å². The molecule has 0 aromatic heterocycles. The SMILES string of the molecule is CNC(CO)(COCCC1CCC1)C1CC1. The highest BCUT2D eigenvalue weighted by molar-refractivity contribution is 5.00. The molecule has 1 atom stereocenters. The fraction of sp³-hybridized carbons (Fsp3) is 1.00. The molecule has 2 saturated carbocycles. The summed E-state index contributed by atoms with van der Waals surface area (Å²) in [6, 6.07) is 0. The summed E-state index contributed by atoms with van der Waals surface area (Å²) < 4.78 is 5.77. The molecule has 1 unspecified atom stereocenters. The second kappa shape index (κ2) is 5.48. The molecule has 0 radical (unpaired) electrons. The lowest BCUT2D eigenvalue weighted by Crippen LogP contribution is -2.52. The van der Waals surface area contributed by atoms with Gasteiger partial charge in [0.15, 0.2) is 0 Å². The third kappa shape index (κ3) is 2.76. The number of likely N-dealkylation sites (N-methyl/N-ethyl adjacent to an activating group) is 1. The average molecular weight is 227 g/mol. The van der Waals surface area contributed by atoms with E-state index in [-0.39, 0.29) is 12.1 Å². The summed E-state index contributed by atoms with van der Waals surface area (Å²) in [4.78, 5) is 0. The van der Waals surface area contributed by atoms with Gasteiger partial charge in [-0.15, -0.1) is 0 Å². The van der Waals surface area contributed by atoms with Crippen LogP contribution in [0.3, 0.4) is 0 Å². The summed E-state index contributed by atoms with van der Waals surface area (Å²) in [6.45, 7) is 1.72. The first-order valence-electron chi connectivity index (χ1n) is 6.68. The molecule has 0 aromatic rings. The Hall–Kier alpha value is -0.120. The van der Waals surface area contributed by atoms with Gasteiger partial charge >= 0.3 is 0 Å². The first-order chi connectivity index (χ1) is 7.80. The third-order valence-corrected chi connectivity index (χ3v) is 4.39. The molecule has 3 nitrogen and oxygen atoms in total. The largest absolute Gasteiger partial charge is 0.394 e. The van der Waals surface area contributed by atoms with Gasteiger partial charge in [-0.1, -0.05) is 19.3 Å². The smallest absolute Gasteiger partial charge is 0.0676 e. The van der Waals surface area contributed by atoms with E-state index in [2.05, 4.69) is 5.32 Å². The van der Waals surface area contributed by atoms with Crippen molar-refractivity contribution < 1.29 is 9.84 Å². The molecule has 3 heteroatoms. The standard InChI is InChI=1S/C13H25NO2/c1-14-13(9-15,12-5-6-12)10-16-8-7-11-3-2-4-11/h11-12,14-15H,2-10H2,1H3. The monoisotopic (exact) mass is 227 g/mol. The molecule has 94 valence electrons. The van der Waals surface area contributed by atoms with Gasteiger partial charge in [0, 0.05) is 6.61 Å². The van der Waals surface area contributed by atoms with Crippen molar-refractivity contribution in [2.75, 3.05) is 26.9 Å². The van der Waals surface area contributed by atoms with Crippen LogP contribution in [0.5, 0.6) is 0 Å². The van der Waals surface area contributed by atoms with Crippen LogP contribution in [0.4, 0.5) is 0 Å². The van der Waals surface area contributed by atoms with Crippen LogP contribution in [0.2, 0.25) is 0 Å². The molecule has 2 fully saturated rings. The van der Waals surface area contributed by atoms with E-state index >= 15 is 0 Å². The molecule has 2 aliphatic carbocycles. The molecule has 0 bridgehead atoms. The summed E-state index contributed by atoms with van der Waals surface area (Å²) in [5.41, 5.74) is -0.167. The van der Waals surface area contributed by atoms with E-state index in [1.54, 1.807) is 0 Å². The highest BCUT2D eigenvalue weighted by atomic mass is 16.5. The van der Waals surface area contributed by atoms with Crippen LogP contribution < -0.4 is 5.32 Å². The Labute approximate surface area is 98.6 Å². The van der Waals surface area contributed by atoms with Gasteiger partial charge in [0.05, 0.1) is 18.8 Å². The van der Waals surface area contributed by atoms with Crippen molar-refractivity contribution in [3.8, 4) is 0 Å². The normalized spacial score (nSPS) is 25.1. The van der Waals surface area contributed by atoms with Gasteiger partial charge in [0.1, 0.15) is 0 Å². The minimum atomic E-state index is -0.167. The van der Waals surface area contributed by atoms with Crippen molar-refractivity contribution >= 4 is 0 Å². The Morgan fingerprint density at radius 1 is 1.31 bits per heavy atom. The number of ether oxygens (including phenoxy) is 1. The maximum absolute atomic E-state index is 9.51. The van der Waals surface area contributed by atoms with Gasteiger partial charge in [-0.25, -0.2) is 0 Å².